The van der Waals surface area contributed by atoms with Gasteiger partial charge in [0.25, 0.3) is 0 Å². The number of hydrogen-bond donors (Lipinski definition) is 1. The maximum atomic E-state index is 6.11. The lowest BCUT2D eigenvalue weighted by molar-refractivity contribution is 0.497. The first-order chi connectivity index (χ1) is 8.13. The highest BCUT2D eigenvalue weighted by Gasteiger charge is 2.11. The zero-order chi connectivity index (χ0) is 12.4. The van der Waals surface area contributed by atoms with E-state index in [1.54, 1.807) is 6.26 Å². The second kappa shape index (κ2) is 4.94. The highest BCUT2D eigenvalue weighted by atomic mass is 35.5. The molecule has 0 saturated carbocycles. The highest BCUT2D eigenvalue weighted by molar-refractivity contribution is 6.31. The predicted octanol–water partition coefficient (Wildman–Crippen LogP) is 3.94. The van der Waals surface area contributed by atoms with Crippen molar-refractivity contribution >= 4 is 11.6 Å². The van der Waals surface area contributed by atoms with E-state index in [0.29, 0.717) is 0 Å². The number of furan rings is 1. The second-order valence-electron chi connectivity index (χ2n) is 4.20. The first-order valence-electron chi connectivity index (χ1n) is 5.61. The Morgan fingerprint density at radius 3 is 2.65 bits per heavy atom. The third-order valence-electron chi connectivity index (χ3n) is 2.88. The average molecular weight is 250 g/mol. The molecule has 0 amide bonds. The molecule has 2 aromatic rings. The van der Waals surface area contributed by atoms with Crippen molar-refractivity contribution in [1.82, 2.24) is 5.32 Å². The monoisotopic (exact) mass is 249 g/mol. The van der Waals surface area contributed by atoms with Crippen LogP contribution in [0.15, 0.2) is 28.9 Å². The van der Waals surface area contributed by atoms with Crippen LogP contribution in [0.4, 0.5) is 0 Å². The van der Waals surface area contributed by atoms with Crippen molar-refractivity contribution < 1.29 is 4.42 Å². The number of aryl methyl sites for hydroxylation is 2. The van der Waals surface area contributed by atoms with Gasteiger partial charge in [-0.15, -0.1) is 0 Å². The molecule has 1 aromatic carbocycles. The van der Waals surface area contributed by atoms with Crippen molar-refractivity contribution in [3.8, 4) is 11.1 Å². The van der Waals surface area contributed by atoms with E-state index >= 15 is 0 Å². The molecule has 1 aromatic heterocycles. The van der Waals surface area contributed by atoms with E-state index in [-0.39, 0.29) is 0 Å². The van der Waals surface area contributed by atoms with Gasteiger partial charge in [0.05, 0.1) is 12.8 Å². The molecule has 0 aliphatic rings. The Labute approximate surface area is 107 Å². The van der Waals surface area contributed by atoms with E-state index in [9.17, 15) is 0 Å². The van der Waals surface area contributed by atoms with E-state index < -0.39 is 0 Å². The maximum Gasteiger partial charge on any atom is 0.125 e. The predicted molar refractivity (Wildman–Crippen MR) is 71.4 cm³/mol. The molecule has 0 spiro atoms. The number of benzene rings is 1. The SMILES string of the molecule is CNCc1occc1-c1cc(C)c(Cl)cc1C. The zero-order valence-electron chi connectivity index (χ0n) is 10.3. The van der Waals surface area contributed by atoms with Crippen LogP contribution in [0.1, 0.15) is 16.9 Å². The average Bonchev–Trinajstić information content (AvgIpc) is 2.72. The van der Waals surface area contributed by atoms with Crippen LogP contribution in [0.5, 0.6) is 0 Å². The molecule has 2 nitrogen and oxygen atoms in total. The van der Waals surface area contributed by atoms with Crippen LogP contribution in [-0.2, 0) is 6.54 Å². The first-order valence-corrected chi connectivity index (χ1v) is 5.99. The largest absolute Gasteiger partial charge is 0.467 e. The highest BCUT2D eigenvalue weighted by Crippen LogP contribution is 2.31. The number of halogens is 1. The van der Waals surface area contributed by atoms with Crippen molar-refractivity contribution in [2.45, 2.75) is 20.4 Å². The Morgan fingerprint density at radius 2 is 1.94 bits per heavy atom. The van der Waals surface area contributed by atoms with E-state index in [2.05, 4.69) is 18.3 Å². The Hall–Kier alpha value is -1.25. The molecule has 0 aliphatic carbocycles. The van der Waals surface area contributed by atoms with E-state index in [4.69, 9.17) is 16.0 Å². The summed E-state index contributed by atoms with van der Waals surface area (Å²) >= 11 is 6.11. The fourth-order valence-electron chi connectivity index (χ4n) is 1.95. The van der Waals surface area contributed by atoms with Crippen LogP contribution in [0, 0.1) is 13.8 Å². The van der Waals surface area contributed by atoms with Crippen LogP contribution in [0.2, 0.25) is 5.02 Å². The van der Waals surface area contributed by atoms with Gasteiger partial charge in [0.1, 0.15) is 5.76 Å². The molecule has 0 bridgehead atoms. The van der Waals surface area contributed by atoms with Crippen LogP contribution in [0.3, 0.4) is 0 Å². The molecular weight excluding hydrogens is 234 g/mol. The standard InChI is InChI=1S/C14H16ClNO/c1-9-7-13(15)10(2)6-12(9)11-4-5-17-14(11)8-16-3/h4-7,16H,8H2,1-3H3. The summed E-state index contributed by atoms with van der Waals surface area (Å²) < 4.78 is 5.49. The molecule has 1 N–H and O–H groups in total. The van der Waals surface area contributed by atoms with Gasteiger partial charge in [0.2, 0.25) is 0 Å². The summed E-state index contributed by atoms with van der Waals surface area (Å²) in [5.41, 5.74) is 4.57. The molecule has 0 saturated heterocycles. The van der Waals surface area contributed by atoms with Crippen LogP contribution >= 0.6 is 11.6 Å². The normalized spacial score (nSPS) is 10.8. The van der Waals surface area contributed by atoms with Crippen molar-refractivity contribution in [3.63, 3.8) is 0 Å². The summed E-state index contributed by atoms with van der Waals surface area (Å²) in [6.45, 7) is 4.81. The molecule has 0 fully saturated rings. The van der Waals surface area contributed by atoms with Gasteiger partial charge in [-0.2, -0.15) is 0 Å². The molecule has 90 valence electrons. The molecule has 0 radical (unpaired) electrons. The molecule has 0 aliphatic heterocycles. The molecule has 0 unspecified atom stereocenters. The Bertz CT molecular complexity index is 531. The lowest BCUT2D eigenvalue weighted by atomic mass is 9.98. The second-order valence-corrected chi connectivity index (χ2v) is 4.61. The Balaban J connectivity index is 2.52. The third kappa shape index (κ3) is 2.38. The summed E-state index contributed by atoms with van der Waals surface area (Å²) in [6.07, 6.45) is 1.73. The Morgan fingerprint density at radius 1 is 1.18 bits per heavy atom. The van der Waals surface area contributed by atoms with Gasteiger partial charge in [-0.25, -0.2) is 0 Å². The summed E-state index contributed by atoms with van der Waals surface area (Å²) in [6, 6.07) is 6.12. The van der Waals surface area contributed by atoms with Crippen molar-refractivity contribution in [2.75, 3.05) is 7.05 Å². The fourth-order valence-corrected chi connectivity index (χ4v) is 2.17. The minimum Gasteiger partial charge on any atom is -0.467 e. The molecule has 17 heavy (non-hydrogen) atoms. The minimum absolute atomic E-state index is 0.726. The third-order valence-corrected chi connectivity index (χ3v) is 3.29. The summed E-state index contributed by atoms with van der Waals surface area (Å²) in [5, 5.41) is 3.92. The summed E-state index contributed by atoms with van der Waals surface area (Å²) in [5.74, 6) is 0.956. The van der Waals surface area contributed by atoms with E-state index in [1.165, 1.54) is 11.1 Å². The van der Waals surface area contributed by atoms with Crippen LogP contribution < -0.4 is 5.32 Å². The molecule has 2 rings (SSSR count). The quantitative estimate of drug-likeness (QED) is 0.892. The van der Waals surface area contributed by atoms with Gasteiger partial charge in [-0.1, -0.05) is 11.6 Å². The van der Waals surface area contributed by atoms with Gasteiger partial charge in [-0.3, -0.25) is 0 Å². The van der Waals surface area contributed by atoms with Crippen molar-refractivity contribution in [3.05, 3.63) is 46.4 Å². The summed E-state index contributed by atoms with van der Waals surface area (Å²) in [4.78, 5) is 0. The molecule has 1 heterocycles. The van der Waals surface area contributed by atoms with Crippen LogP contribution in [-0.4, -0.2) is 7.05 Å². The van der Waals surface area contributed by atoms with Gasteiger partial charge in [-0.05, 0) is 55.8 Å². The number of nitrogens with one attached hydrogen (secondary N) is 1. The number of hydrogen-bond acceptors (Lipinski definition) is 2. The number of rotatable bonds is 3. The van der Waals surface area contributed by atoms with Gasteiger partial charge >= 0.3 is 0 Å². The van der Waals surface area contributed by atoms with E-state index in [1.807, 2.05) is 26.1 Å². The van der Waals surface area contributed by atoms with Gasteiger partial charge in [0, 0.05) is 10.6 Å². The van der Waals surface area contributed by atoms with Crippen LogP contribution in [0.25, 0.3) is 11.1 Å². The Kier molecular flexibility index (Phi) is 3.55. The topological polar surface area (TPSA) is 25.2 Å². The van der Waals surface area contributed by atoms with Crippen molar-refractivity contribution in [1.29, 1.82) is 0 Å². The smallest absolute Gasteiger partial charge is 0.125 e. The van der Waals surface area contributed by atoms with E-state index in [0.717, 1.165) is 28.5 Å². The fraction of sp³-hybridized carbons (Fsp3) is 0.286. The lowest BCUT2D eigenvalue weighted by Crippen LogP contribution is -2.05. The lowest BCUT2D eigenvalue weighted by Gasteiger charge is -2.09. The maximum absolute atomic E-state index is 6.11. The van der Waals surface area contributed by atoms with Gasteiger partial charge in [0.15, 0.2) is 0 Å². The molecular formula is C14H16ClNO. The molecule has 0 atom stereocenters. The van der Waals surface area contributed by atoms with Gasteiger partial charge < -0.3 is 9.73 Å². The minimum atomic E-state index is 0.726. The summed E-state index contributed by atoms with van der Waals surface area (Å²) in [7, 11) is 1.91. The van der Waals surface area contributed by atoms with Crippen molar-refractivity contribution in [2.24, 2.45) is 0 Å². The molecule has 3 heteroatoms. The zero-order valence-corrected chi connectivity index (χ0v) is 11.1. The first kappa shape index (κ1) is 12.2.